The molecule has 0 unspecified atom stereocenters. The maximum absolute atomic E-state index is 14.3. The fourth-order valence-electron chi connectivity index (χ4n) is 2.39. The molecule has 0 amide bonds. The molecule has 6 nitrogen and oxygen atoms in total. The van der Waals surface area contributed by atoms with Gasteiger partial charge in [0.1, 0.15) is 17.3 Å². The van der Waals surface area contributed by atoms with Crippen LogP contribution in [-0.4, -0.2) is 33.7 Å². The number of hydrogen-bond donors (Lipinski definition) is 1. The zero-order valence-corrected chi connectivity index (χ0v) is 13.6. The number of aryl methyl sites for hydroxylation is 1. The van der Waals surface area contributed by atoms with Crippen LogP contribution < -0.4 is 0 Å². The Morgan fingerprint density at radius 3 is 2.71 bits per heavy atom. The molecular formula is C17H19FN2O4. The molecule has 2 rings (SSSR count). The zero-order chi connectivity index (χ0) is 17.7. The average Bonchev–Trinajstić information content (AvgIpc) is 2.96. The van der Waals surface area contributed by atoms with E-state index in [9.17, 15) is 19.1 Å². The zero-order valence-electron chi connectivity index (χ0n) is 13.6. The molecule has 0 aliphatic rings. The molecule has 1 heterocycles. The van der Waals surface area contributed by atoms with E-state index in [2.05, 4.69) is 9.72 Å². The van der Waals surface area contributed by atoms with Crippen LogP contribution in [0.2, 0.25) is 0 Å². The number of hydrogen-bond acceptors (Lipinski definition) is 4. The highest BCUT2D eigenvalue weighted by atomic mass is 19.1. The summed E-state index contributed by atoms with van der Waals surface area (Å²) in [5, 5.41) is 9.28. The molecule has 0 bridgehead atoms. The summed E-state index contributed by atoms with van der Waals surface area (Å²) in [5.74, 6) is -1.73. The van der Waals surface area contributed by atoms with Crippen molar-refractivity contribution in [1.82, 2.24) is 9.55 Å². The maximum atomic E-state index is 14.3. The number of benzene rings is 1. The number of esters is 1. The van der Waals surface area contributed by atoms with Gasteiger partial charge in [0.05, 0.1) is 25.4 Å². The molecule has 0 saturated carbocycles. The summed E-state index contributed by atoms with van der Waals surface area (Å²) in [6.07, 6.45) is 3.71. The van der Waals surface area contributed by atoms with Crippen molar-refractivity contribution in [2.75, 3.05) is 7.11 Å². The molecule has 0 radical (unpaired) electrons. The smallest absolute Gasteiger partial charge is 0.354 e. The predicted molar refractivity (Wildman–Crippen MR) is 84.6 cm³/mol. The average molecular weight is 334 g/mol. The van der Waals surface area contributed by atoms with E-state index in [1.165, 1.54) is 30.0 Å². The number of unbranched alkanes of at least 4 members (excludes halogenated alkanes) is 1. The van der Waals surface area contributed by atoms with Crippen molar-refractivity contribution in [1.29, 1.82) is 0 Å². The first-order valence-corrected chi connectivity index (χ1v) is 7.62. The third-order valence-corrected chi connectivity index (χ3v) is 3.71. The lowest BCUT2D eigenvalue weighted by atomic mass is 10.1. The molecule has 0 atom stereocenters. The highest BCUT2D eigenvalue weighted by Crippen LogP contribution is 2.17. The first-order valence-electron chi connectivity index (χ1n) is 7.62. The lowest BCUT2D eigenvalue weighted by Crippen LogP contribution is -2.14. The second-order valence-electron chi connectivity index (χ2n) is 5.35. The van der Waals surface area contributed by atoms with Crippen molar-refractivity contribution in [2.45, 2.75) is 32.7 Å². The molecule has 0 fully saturated rings. The van der Waals surface area contributed by atoms with Gasteiger partial charge in [-0.05, 0) is 18.6 Å². The van der Waals surface area contributed by atoms with Crippen LogP contribution in [0.1, 0.15) is 52.0 Å². The maximum Gasteiger partial charge on any atom is 0.354 e. The van der Waals surface area contributed by atoms with Crippen LogP contribution in [0.15, 0.2) is 24.4 Å². The Morgan fingerprint density at radius 1 is 1.38 bits per heavy atom. The van der Waals surface area contributed by atoms with Gasteiger partial charge in [-0.1, -0.05) is 19.4 Å². The lowest BCUT2D eigenvalue weighted by molar-refractivity contribution is 0.0599. The van der Waals surface area contributed by atoms with Crippen LogP contribution in [0.4, 0.5) is 4.39 Å². The van der Waals surface area contributed by atoms with Crippen LogP contribution in [0.3, 0.4) is 0 Å². The fourth-order valence-corrected chi connectivity index (χ4v) is 2.39. The third kappa shape index (κ3) is 3.79. The summed E-state index contributed by atoms with van der Waals surface area (Å²) >= 11 is 0. The summed E-state index contributed by atoms with van der Waals surface area (Å²) in [6.45, 7) is 2.06. The lowest BCUT2D eigenvalue weighted by Gasteiger charge is -2.11. The van der Waals surface area contributed by atoms with E-state index in [0.717, 1.165) is 18.9 Å². The molecule has 0 aliphatic heterocycles. The van der Waals surface area contributed by atoms with Crippen molar-refractivity contribution in [3.63, 3.8) is 0 Å². The first-order chi connectivity index (χ1) is 11.5. The Bertz CT molecular complexity index is 755. The number of nitrogens with zero attached hydrogens (tertiary/aromatic N) is 2. The molecule has 24 heavy (non-hydrogen) atoms. The van der Waals surface area contributed by atoms with Gasteiger partial charge in [-0.2, -0.15) is 0 Å². The summed E-state index contributed by atoms with van der Waals surface area (Å²) in [5.41, 5.74) is 0.396. The van der Waals surface area contributed by atoms with Crippen molar-refractivity contribution in [3.05, 3.63) is 52.9 Å². The molecule has 0 spiro atoms. The van der Waals surface area contributed by atoms with E-state index in [1.54, 1.807) is 0 Å². The molecule has 1 aromatic heterocycles. The Morgan fingerprint density at radius 2 is 2.12 bits per heavy atom. The normalized spacial score (nSPS) is 10.6. The molecule has 128 valence electrons. The second kappa shape index (κ2) is 7.72. The molecular weight excluding hydrogens is 315 g/mol. The van der Waals surface area contributed by atoms with Crippen LogP contribution in [0, 0.1) is 5.82 Å². The van der Waals surface area contributed by atoms with E-state index in [0.29, 0.717) is 12.2 Å². The molecule has 7 heteroatoms. The van der Waals surface area contributed by atoms with Gasteiger partial charge in [-0.15, -0.1) is 0 Å². The van der Waals surface area contributed by atoms with Gasteiger partial charge < -0.3 is 14.4 Å². The minimum absolute atomic E-state index is 0.0116. The molecule has 1 N–H and O–H groups in total. The van der Waals surface area contributed by atoms with Crippen LogP contribution in [0.25, 0.3) is 0 Å². The number of aromatic carboxylic acids is 1. The summed E-state index contributed by atoms with van der Waals surface area (Å²) in [7, 11) is 1.22. The number of imidazole rings is 1. The number of methoxy groups -OCH3 is 1. The van der Waals surface area contributed by atoms with E-state index in [1.807, 2.05) is 6.92 Å². The number of aromatic nitrogens is 2. The molecule has 0 aliphatic carbocycles. The molecule has 1 aromatic carbocycles. The quantitative estimate of drug-likeness (QED) is 0.787. The second-order valence-corrected chi connectivity index (χ2v) is 5.35. The van der Waals surface area contributed by atoms with Crippen molar-refractivity contribution in [2.24, 2.45) is 0 Å². The van der Waals surface area contributed by atoms with Crippen molar-refractivity contribution in [3.8, 4) is 0 Å². The number of carbonyl (C=O) groups is 2. The van der Waals surface area contributed by atoms with E-state index >= 15 is 0 Å². The molecule has 2 aromatic rings. The number of carboxylic acids is 1. The van der Waals surface area contributed by atoms with E-state index in [-0.39, 0.29) is 23.4 Å². The Kier molecular flexibility index (Phi) is 5.68. The minimum atomic E-state index is -1.11. The topological polar surface area (TPSA) is 81.4 Å². The largest absolute Gasteiger partial charge is 0.477 e. The summed E-state index contributed by atoms with van der Waals surface area (Å²) in [4.78, 5) is 26.9. The Balaban J connectivity index is 2.34. The first kappa shape index (κ1) is 17.7. The third-order valence-electron chi connectivity index (χ3n) is 3.71. The van der Waals surface area contributed by atoms with Gasteiger partial charge in [0, 0.05) is 12.0 Å². The number of ether oxygens (including phenoxy) is 1. The summed E-state index contributed by atoms with van der Waals surface area (Å²) in [6, 6.07) is 3.99. The number of carboxylic acid groups (broad SMARTS) is 1. The van der Waals surface area contributed by atoms with E-state index < -0.39 is 17.8 Å². The van der Waals surface area contributed by atoms with Gasteiger partial charge in [-0.3, -0.25) is 0 Å². The minimum Gasteiger partial charge on any atom is -0.477 e. The van der Waals surface area contributed by atoms with Crippen LogP contribution in [0.5, 0.6) is 0 Å². The molecule has 0 saturated heterocycles. The fraction of sp³-hybridized carbons (Fsp3) is 0.353. The SMILES string of the molecule is CCCCc1ncc(C(=O)O)n1Cc1ccc(C(=O)OC)cc1F. The van der Waals surface area contributed by atoms with Crippen molar-refractivity contribution >= 4 is 11.9 Å². The number of rotatable bonds is 7. The highest BCUT2D eigenvalue weighted by Gasteiger charge is 2.17. The highest BCUT2D eigenvalue weighted by molar-refractivity contribution is 5.89. The van der Waals surface area contributed by atoms with Crippen molar-refractivity contribution < 1.29 is 23.8 Å². The van der Waals surface area contributed by atoms with Gasteiger partial charge in [0.15, 0.2) is 0 Å². The van der Waals surface area contributed by atoms with Gasteiger partial charge in [0.25, 0.3) is 0 Å². The standard InChI is InChI=1S/C17H19FN2O4/c1-3-4-5-15-19-9-14(16(21)22)20(15)10-12-7-6-11(8-13(12)18)17(23)24-2/h6-9H,3-5,10H2,1-2H3,(H,21,22). The van der Waals surface area contributed by atoms with Gasteiger partial charge in [-0.25, -0.2) is 19.0 Å². The Labute approximate surface area is 138 Å². The number of halogens is 1. The number of carbonyl (C=O) groups excluding carboxylic acids is 1. The monoisotopic (exact) mass is 334 g/mol. The van der Waals surface area contributed by atoms with Gasteiger partial charge in [0.2, 0.25) is 0 Å². The van der Waals surface area contributed by atoms with Crippen LogP contribution >= 0.6 is 0 Å². The van der Waals surface area contributed by atoms with E-state index in [4.69, 9.17) is 0 Å². The Hall–Kier alpha value is -2.70. The summed E-state index contributed by atoms with van der Waals surface area (Å²) < 4.78 is 20.3. The predicted octanol–water partition coefficient (Wildman–Crippen LogP) is 2.90. The van der Waals surface area contributed by atoms with Crippen LogP contribution in [-0.2, 0) is 17.7 Å². The van der Waals surface area contributed by atoms with Gasteiger partial charge >= 0.3 is 11.9 Å².